The molecule has 2 aromatic rings. The maximum Gasteiger partial charge on any atom is 0.134 e. The predicted molar refractivity (Wildman–Crippen MR) is 71.4 cm³/mol. The number of hydrogen-bond donors (Lipinski definition) is 1. The van der Waals surface area contributed by atoms with Crippen LogP contribution < -0.4 is 5.32 Å². The molecule has 4 heteroatoms. The fourth-order valence-corrected chi connectivity index (χ4v) is 2.53. The third-order valence-corrected chi connectivity index (χ3v) is 3.42. The Morgan fingerprint density at radius 2 is 2.25 bits per heavy atom. The number of hydrogen-bond acceptors (Lipinski definition) is 3. The Bertz CT molecular complexity index is 483. The van der Waals surface area contributed by atoms with Crippen molar-refractivity contribution in [1.82, 2.24) is 5.32 Å². The summed E-state index contributed by atoms with van der Waals surface area (Å²) < 4.78 is 5.79. The van der Waals surface area contributed by atoms with E-state index < -0.39 is 0 Å². The summed E-state index contributed by atoms with van der Waals surface area (Å²) in [5.74, 6) is 1.96. The molecule has 0 spiro atoms. The highest BCUT2D eigenvalue weighted by Crippen LogP contribution is 2.27. The molecule has 0 aliphatic rings. The lowest BCUT2D eigenvalue weighted by molar-refractivity contribution is 0.479. The Labute approximate surface area is 104 Å². The van der Waals surface area contributed by atoms with E-state index in [4.69, 9.17) is 16.0 Å². The summed E-state index contributed by atoms with van der Waals surface area (Å²) in [5.41, 5.74) is 0.890. The first-order valence-electron chi connectivity index (χ1n) is 5.10. The maximum absolute atomic E-state index is 5.94. The molecule has 0 radical (unpaired) electrons. The van der Waals surface area contributed by atoms with Gasteiger partial charge in [0.25, 0.3) is 0 Å². The van der Waals surface area contributed by atoms with E-state index in [1.54, 1.807) is 11.8 Å². The van der Waals surface area contributed by atoms with Gasteiger partial charge in [0.1, 0.15) is 11.3 Å². The lowest BCUT2D eigenvalue weighted by atomic mass is 10.2. The molecule has 1 atom stereocenters. The van der Waals surface area contributed by atoms with Crippen molar-refractivity contribution in [3.8, 4) is 0 Å². The number of thioether (sulfide) groups is 1. The molecule has 2 nitrogen and oxygen atoms in total. The van der Waals surface area contributed by atoms with Gasteiger partial charge in [-0.3, -0.25) is 0 Å². The first-order chi connectivity index (χ1) is 7.74. The van der Waals surface area contributed by atoms with Crippen molar-refractivity contribution in [2.24, 2.45) is 0 Å². The Morgan fingerprint density at radius 3 is 2.94 bits per heavy atom. The third kappa shape index (κ3) is 2.37. The van der Waals surface area contributed by atoms with Gasteiger partial charge in [-0.05, 0) is 37.6 Å². The molecular weight excluding hydrogens is 242 g/mol. The molecule has 0 saturated heterocycles. The minimum Gasteiger partial charge on any atom is -0.459 e. The Balaban J connectivity index is 2.37. The van der Waals surface area contributed by atoms with Crippen LogP contribution in [0.3, 0.4) is 0 Å². The van der Waals surface area contributed by atoms with E-state index in [1.165, 1.54) is 0 Å². The minimum absolute atomic E-state index is 0.251. The van der Waals surface area contributed by atoms with Crippen LogP contribution in [-0.4, -0.2) is 19.1 Å². The summed E-state index contributed by atoms with van der Waals surface area (Å²) in [7, 11) is 1.95. The zero-order valence-corrected chi connectivity index (χ0v) is 10.9. The molecule has 0 amide bonds. The number of halogens is 1. The van der Waals surface area contributed by atoms with Gasteiger partial charge in [0.15, 0.2) is 0 Å². The van der Waals surface area contributed by atoms with Crippen LogP contribution in [0.2, 0.25) is 5.02 Å². The molecule has 2 rings (SSSR count). The standard InChI is InChI=1S/C12H14ClNOS/c1-14-10(7-16-2)12-6-8-5-9(13)3-4-11(8)15-12/h3-6,10,14H,7H2,1-2H3. The molecule has 0 saturated carbocycles. The van der Waals surface area contributed by atoms with Crippen LogP contribution in [0.25, 0.3) is 11.0 Å². The van der Waals surface area contributed by atoms with E-state index in [1.807, 2.05) is 25.2 Å². The van der Waals surface area contributed by atoms with E-state index in [2.05, 4.69) is 17.6 Å². The lowest BCUT2D eigenvalue weighted by Gasteiger charge is -2.10. The quantitative estimate of drug-likeness (QED) is 0.902. The zero-order valence-electron chi connectivity index (χ0n) is 9.29. The van der Waals surface area contributed by atoms with Crippen molar-refractivity contribution in [3.63, 3.8) is 0 Å². The number of benzene rings is 1. The smallest absolute Gasteiger partial charge is 0.134 e. The average Bonchev–Trinajstić information content (AvgIpc) is 2.68. The van der Waals surface area contributed by atoms with Crippen molar-refractivity contribution in [3.05, 3.63) is 35.0 Å². The second kappa shape index (κ2) is 5.13. The van der Waals surface area contributed by atoms with Gasteiger partial charge in [-0.1, -0.05) is 11.6 Å². The van der Waals surface area contributed by atoms with Crippen LogP contribution in [0.1, 0.15) is 11.8 Å². The third-order valence-electron chi connectivity index (χ3n) is 2.52. The molecule has 0 aliphatic carbocycles. The van der Waals surface area contributed by atoms with E-state index in [0.717, 1.165) is 27.5 Å². The molecule has 0 bridgehead atoms. The van der Waals surface area contributed by atoms with Crippen molar-refractivity contribution >= 4 is 34.3 Å². The van der Waals surface area contributed by atoms with Gasteiger partial charge in [-0.2, -0.15) is 11.8 Å². The summed E-state index contributed by atoms with van der Waals surface area (Å²) in [6.07, 6.45) is 2.09. The second-order valence-electron chi connectivity index (χ2n) is 3.63. The Morgan fingerprint density at radius 1 is 1.44 bits per heavy atom. The number of fused-ring (bicyclic) bond motifs is 1. The van der Waals surface area contributed by atoms with Crippen LogP contribution in [-0.2, 0) is 0 Å². The van der Waals surface area contributed by atoms with Crippen molar-refractivity contribution in [2.75, 3.05) is 19.1 Å². The molecule has 1 N–H and O–H groups in total. The van der Waals surface area contributed by atoms with Crippen LogP contribution in [0.4, 0.5) is 0 Å². The number of nitrogens with one attached hydrogen (secondary N) is 1. The van der Waals surface area contributed by atoms with Crippen molar-refractivity contribution in [2.45, 2.75) is 6.04 Å². The molecule has 1 aromatic heterocycles. The molecule has 0 aliphatic heterocycles. The van der Waals surface area contributed by atoms with Gasteiger partial charge in [-0.25, -0.2) is 0 Å². The Hall–Kier alpha value is -0.640. The van der Waals surface area contributed by atoms with Gasteiger partial charge in [0.2, 0.25) is 0 Å². The largest absolute Gasteiger partial charge is 0.459 e. The van der Waals surface area contributed by atoms with Crippen LogP contribution >= 0.6 is 23.4 Å². The molecular formula is C12H14ClNOS. The monoisotopic (exact) mass is 255 g/mol. The normalized spacial score (nSPS) is 13.2. The fourth-order valence-electron chi connectivity index (χ4n) is 1.68. The SMILES string of the molecule is CNC(CSC)c1cc2cc(Cl)ccc2o1. The first-order valence-corrected chi connectivity index (χ1v) is 6.87. The van der Waals surface area contributed by atoms with E-state index in [-0.39, 0.29) is 6.04 Å². The second-order valence-corrected chi connectivity index (χ2v) is 4.97. The molecule has 16 heavy (non-hydrogen) atoms. The summed E-state index contributed by atoms with van der Waals surface area (Å²) in [4.78, 5) is 0. The summed E-state index contributed by atoms with van der Waals surface area (Å²) in [5, 5.41) is 5.05. The van der Waals surface area contributed by atoms with Gasteiger partial charge in [-0.15, -0.1) is 0 Å². The molecule has 86 valence electrons. The summed E-state index contributed by atoms with van der Waals surface area (Å²) >= 11 is 7.73. The zero-order chi connectivity index (χ0) is 11.5. The highest BCUT2D eigenvalue weighted by Gasteiger charge is 2.13. The molecule has 1 unspecified atom stereocenters. The van der Waals surface area contributed by atoms with Gasteiger partial charge < -0.3 is 9.73 Å². The highest BCUT2D eigenvalue weighted by atomic mass is 35.5. The summed E-state index contributed by atoms with van der Waals surface area (Å²) in [6, 6.07) is 7.99. The number of furan rings is 1. The topological polar surface area (TPSA) is 25.2 Å². The van der Waals surface area contributed by atoms with Gasteiger partial charge >= 0.3 is 0 Å². The Kier molecular flexibility index (Phi) is 3.79. The van der Waals surface area contributed by atoms with E-state index >= 15 is 0 Å². The molecule has 1 heterocycles. The fraction of sp³-hybridized carbons (Fsp3) is 0.333. The first kappa shape index (κ1) is 11.8. The van der Waals surface area contributed by atoms with Crippen molar-refractivity contribution in [1.29, 1.82) is 0 Å². The molecule has 1 aromatic carbocycles. The average molecular weight is 256 g/mol. The lowest BCUT2D eigenvalue weighted by Crippen LogP contribution is -2.17. The number of rotatable bonds is 4. The van der Waals surface area contributed by atoms with Gasteiger partial charge in [0, 0.05) is 16.2 Å². The van der Waals surface area contributed by atoms with Crippen molar-refractivity contribution < 1.29 is 4.42 Å². The van der Waals surface area contributed by atoms with Gasteiger partial charge in [0.05, 0.1) is 6.04 Å². The predicted octanol–water partition coefficient (Wildman–Crippen LogP) is 3.71. The highest BCUT2D eigenvalue weighted by molar-refractivity contribution is 7.98. The minimum atomic E-state index is 0.251. The van der Waals surface area contributed by atoms with Crippen LogP contribution in [0.15, 0.2) is 28.7 Å². The summed E-state index contributed by atoms with van der Waals surface area (Å²) in [6.45, 7) is 0. The maximum atomic E-state index is 5.94. The van der Waals surface area contributed by atoms with E-state index in [0.29, 0.717) is 0 Å². The van der Waals surface area contributed by atoms with E-state index in [9.17, 15) is 0 Å². The van der Waals surface area contributed by atoms with Crippen LogP contribution in [0.5, 0.6) is 0 Å². The molecule has 0 fully saturated rings. The van der Waals surface area contributed by atoms with Crippen LogP contribution in [0, 0.1) is 0 Å².